The Morgan fingerprint density at radius 2 is 2.11 bits per heavy atom. The van der Waals surface area contributed by atoms with E-state index in [1.807, 2.05) is 6.07 Å². The van der Waals surface area contributed by atoms with Gasteiger partial charge in [0.25, 0.3) is 5.91 Å². The Morgan fingerprint density at radius 1 is 1.26 bits per heavy atom. The lowest BCUT2D eigenvalue weighted by Crippen LogP contribution is -2.39. The third-order valence-electron chi connectivity index (χ3n) is 6.21. The minimum absolute atomic E-state index is 0.114. The molecule has 1 saturated carbocycles. The first-order valence-electron chi connectivity index (χ1n) is 9.92. The van der Waals surface area contributed by atoms with E-state index < -0.39 is 0 Å². The Morgan fingerprint density at radius 3 is 2.85 bits per heavy atom. The quantitative estimate of drug-likeness (QED) is 0.902. The molecule has 140 valence electrons. The van der Waals surface area contributed by atoms with Crippen LogP contribution < -0.4 is 10.2 Å². The van der Waals surface area contributed by atoms with Gasteiger partial charge in [-0.2, -0.15) is 0 Å². The zero-order valence-corrected chi connectivity index (χ0v) is 15.5. The third-order valence-corrected chi connectivity index (χ3v) is 6.21. The highest BCUT2D eigenvalue weighted by molar-refractivity contribution is 6.04. The molecule has 5 nitrogen and oxygen atoms in total. The van der Waals surface area contributed by atoms with Gasteiger partial charge in [-0.15, -0.1) is 0 Å². The Bertz CT molecular complexity index is 842. The number of amides is 1. The summed E-state index contributed by atoms with van der Waals surface area (Å²) in [6.07, 6.45) is 8.11. The fourth-order valence-corrected chi connectivity index (χ4v) is 4.51. The summed E-state index contributed by atoms with van der Waals surface area (Å²) in [7, 11) is 0. The highest BCUT2D eigenvalue weighted by Crippen LogP contribution is 2.48. The van der Waals surface area contributed by atoms with Crippen LogP contribution in [0, 0.1) is 5.92 Å². The number of nitrogens with zero attached hydrogens (tertiary/aromatic N) is 2. The molecule has 1 aromatic carbocycles. The Hall–Kier alpha value is -2.40. The summed E-state index contributed by atoms with van der Waals surface area (Å²) in [4.78, 5) is 19.1. The molecule has 1 amide bonds. The van der Waals surface area contributed by atoms with Crippen LogP contribution in [0.4, 0.5) is 11.4 Å². The summed E-state index contributed by atoms with van der Waals surface area (Å²) in [6, 6.07) is 9.99. The lowest BCUT2D eigenvalue weighted by atomic mass is 9.76. The molecule has 5 rings (SSSR count). The number of pyridine rings is 1. The van der Waals surface area contributed by atoms with Crippen LogP contribution in [0.25, 0.3) is 0 Å². The molecule has 2 fully saturated rings. The topological polar surface area (TPSA) is 54.5 Å². The van der Waals surface area contributed by atoms with Crippen LogP contribution in [0.15, 0.2) is 42.7 Å². The van der Waals surface area contributed by atoms with Gasteiger partial charge in [-0.05, 0) is 67.5 Å². The summed E-state index contributed by atoms with van der Waals surface area (Å²) in [5.74, 6) is 0.745. The summed E-state index contributed by atoms with van der Waals surface area (Å²) < 4.78 is 5.66. The second kappa shape index (κ2) is 6.64. The Labute approximate surface area is 159 Å². The SMILES string of the molecule is O=C(Nc1ccc2c(c1)C1(CCOCC1)CN2CC1CC1)c1cccnc1. The number of anilines is 2. The number of hydrogen-bond donors (Lipinski definition) is 1. The normalized spacial score (nSPS) is 20.5. The van der Waals surface area contributed by atoms with Gasteiger partial charge in [0.1, 0.15) is 0 Å². The number of rotatable bonds is 4. The molecule has 1 saturated heterocycles. The number of fused-ring (bicyclic) bond motifs is 2. The van der Waals surface area contributed by atoms with Gasteiger partial charge >= 0.3 is 0 Å². The van der Waals surface area contributed by atoms with E-state index in [1.165, 1.54) is 24.1 Å². The van der Waals surface area contributed by atoms with Gasteiger partial charge in [0, 0.05) is 55.5 Å². The lowest BCUT2D eigenvalue weighted by molar-refractivity contribution is 0.0553. The van der Waals surface area contributed by atoms with Crippen molar-refractivity contribution < 1.29 is 9.53 Å². The first kappa shape index (κ1) is 16.8. The van der Waals surface area contributed by atoms with Gasteiger partial charge in [0.2, 0.25) is 0 Å². The average molecular weight is 363 g/mol. The Kier molecular flexibility index (Phi) is 4.12. The largest absolute Gasteiger partial charge is 0.381 e. The average Bonchev–Trinajstić information content (AvgIpc) is 3.48. The molecule has 2 aromatic rings. The molecule has 1 spiro atoms. The zero-order valence-electron chi connectivity index (χ0n) is 15.5. The van der Waals surface area contributed by atoms with Gasteiger partial charge in [-0.3, -0.25) is 9.78 Å². The van der Waals surface area contributed by atoms with E-state index in [-0.39, 0.29) is 11.3 Å². The van der Waals surface area contributed by atoms with Gasteiger partial charge in [-0.25, -0.2) is 0 Å². The van der Waals surface area contributed by atoms with Crippen molar-refractivity contribution in [3.8, 4) is 0 Å². The molecule has 1 N–H and O–H groups in total. The van der Waals surface area contributed by atoms with Crippen LogP contribution in [0.3, 0.4) is 0 Å². The maximum atomic E-state index is 12.5. The van der Waals surface area contributed by atoms with Crippen LogP contribution in [-0.4, -0.2) is 37.2 Å². The van der Waals surface area contributed by atoms with Crippen LogP contribution in [0.5, 0.6) is 0 Å². The molecule has 3 heterocycles. The number of benzene rings is 1. The molecule has 0 radical (unpaired) electrons. The fourth-order valence-electron chi connectivity index (χ4n) is 4.51. The zero-order chi connectivity index (χ0) is 18.3. The van der Waals surface area contributed by atoms with E-state index in [4.69, 9.17) is 4.74 Å². The van der Waals surface area contributed by atoms with E-state index in [9.17, 15) is 4.79 Å². The molecular weight excluding hydrogens is 338 g/mol. The number of ether oxygens (including phenoxy) is 1. The maximum absolute atomic E-state index is 12.5. The number of nitrogens with one attached hydrogen (secondary N) is 1. The summed E-state index contributed by atoms with van der Waals surface area (Å²) >= 11 is 0. The van der Waals surface area contributed by atoms with Crippen LogP contribution in [0.1, 0.15) is 41.6 Å². The summed E-state index contributed by atoms with van der Waals surface area (Å²) in [5, 5.41) is 3.05. The molecule has 27 heavy (non-hydrogen) atoms. The Balaban J connectivity index is 1.44. The van der Waals surface area contributed by atoms with Gasteiger partial charge < -0.3 is 15.0 Å². The molecule has 5 heteroatoms. The number of carbonyl (C=O) groups is 1. The van der Waals surface area contributed by atoms with Crippen molar-refractivity contribution in [1.29, 1.82) is 0 Å². The lowest BCUT2D eigenvalue weighted by Gasteiger charge is -2.34. The minimum atomic E-state index is -0.114. The molecule has 2 aliphatic heterocycles. The van der Waals surface area contributed by atoms with Crippen LogP contribution >= 0.6 is 0 Å². The minimum Gasteiger partial charge on any atom is -0.381 e. The standard InChI is InChI=1S/C22H25N3O2/c26-21(17-2-1-9-23-13-17)24-18-5-6-20-19(12-18)22(7-10-27-11-8-22)15-25(20)14-16-3-4-16/h1-2,5-6,9,12-13,16H,3-4,7-8,10-11,14-15H2,(H,24,26). The van der Waals surface area contributed by atoms with Crippen molar-refractivity contribution in [3.05, 3.63) is 53.9 Å². The third kappa shape index (κ3) is 3.21. The van der Waals surface area contributed by atoms with Gasteiger partial charge in [0.15, 0.2) is 0 Å². The predicted octanol–water partition coefficient (Wildman–Crippen LogP) is 3.61. The molecule has 0 bridgehead atoms. The van der Waals surface area contributed by atoms with E-state index in [2.05, 4.69) is 27.3 Å². The van der Waals surface area contributed by atoms with Gasteiger partial charge in [0.05, 0.1) is 5.56 Å². The number of carbonyl (C=O) groups excluding carboxylic acids is 1. The molecular formula is C22H25N3O2. The molecule has 0 atom stereocenters. The second-order valence-electron chi connectivity index (χ2n) is 8.14. The summed E-state index contributed by atoms with van der Waals surface area (Å²) in [6.45, 7) is 3.89. The van der Waals surface area contributed by atoms with Crippen LogP contribution in [0.2, 0.25) is 0 Å². The summed E-state index contributed by atoms with van der Waals surface area (Å²) in [5.41, 5.74) is 4.34. The van der Waals surface area contributed by atoms with Crippen molar-refractivity contribution in [2.24, 2.45) is 5.92 Å². The first-order chi connectivity index (χ1) is 13.2. The molecule has 3 aliphatic rings. The molecule has 1 aliphatic carbocycles. The van der Waals surface area contributed by atoms with Crippen molar-refractivity contribution in [2.75, 3.05) is 36.5 Å². The highest BCUT2D eigenvalue weighted by Gasteiger charge is 2.44. The predicted molar refractivity (Wildman–Crippen MR) is 105 cm³/mol. The monoisotopic (exact) mass is 363 g/mol. The molecule has 0 unspecified atom stereocenters. The van der Waals surface area contributed by atoms with Crippen LogP contribution in [-0.2, 0) is 10.2 Å². The van der Waals surface area contributed by atoms with Crippen molar-refractivity contribution in [1.82, 2.24) is 4.98 Å². The number of hydrogen-bond acceptors (Lipinski definition) is 4. The van der Waals surface area contributed by atoms with E-state index >= 15 is 0 Å². The maximum Gasteiger partial charge on any atom is 0.257 e. The van der Waals surface area contributed by atoms with Crippen molar-refractivity contribution in [2.45, 2.75) is 31.1 Å². The van der Waals surface area contributed by atoms with E-state index in [0.717, 1.165) is 50.8 Å². The van der Waals surface area contributed by atoms with E-state index in [1.54, 1.807) is 24.5 Å². The first-order valence-corrected chi connectivity index (χ1v) is 9.92. The second-order valence-corrected chi connectivity index (χ2v) is 8.14. The molecule has 1 aromatic heterocycles. The van der Waals surface area contributed by atoms with Crippen molar-refractivity contribution >= 4 is 17.3 Å². The highest BCUT2D eigenvalue weighted by atomic mass is 16.5. The van der Waals surface area contributed by atoms with Gasteiger partial charge in [-0.1, -0.05) is 0 Å². The fraction of sp³-hybridized carbons (Fsp3) is 0.455. The number of aromatic nitrogens is 1. The smallest absolute Gasteiger partial charge is 0.257 e. The van der Waals surface area contributed by atoms with E-state index in [0.29, 0.717) is 5.56 Å². The van der Waals surface area contributed by atoms with Crippen molar-refractivity contribution in [3.63, 3.8) is 0 Å².